The number of esters is 1. The maximum Gasteiger partial charge on any atom is 0.325 e. The topological polar surface area (TPSA) is 64.8 Å². The van der Waals surface area contributed by atoms with Gasteiger partial charge in [0.2, 0.25) is 0 Å². The molecule has 0 amide bonds. The molecule has 0 saturated carbocycles. The monoisotopic (exact) mass is 314 g/mol. The Bertz CT molecular complexity index is 511. The van der Waals surface area contributed by atoms with Gasteiger partial charge in [-0.2, -0.15) is 0 Å². The van der Waals surface area contributed by atoms with E-state index in [4.69, 9.17) is 27.4 Å². The number of nitrogens with two attached hydrogens (primary N) is 1. The van der Waals surface area contributed by atoms with Gasteiger partial charge >= 0.3 is 5.97 Å². The number of thiocarbonyl (C=S) groups is 1. The summed E-state index contributed by atoms with van der Waals surface area (Å²) in [5.41, 5.74) is 6.16. The second-order valence-electron chi connectivity index (χ2n) is 4.22. The first-order valence-electron chi connectivity index (χ1n) is 6.49. The van der Waals surface area contributed by atoms with Crippen molar-refractivity contribution in [1.29, 1.82) is 0 Å². The van der Waals surface area contributed by atoms with E-state index in [1.807, 2.05) is 0 Å². The Morgan fingerprint density at radius 3 is 2.76 bits per heavy atom. The summed E-state index contributed by atoms with van der Waals surface area (Å²) in [4.78, 5) is 13.3. The van der Waals surface area contributed by atoms with Gasteiger partial charge in [-0.3, -0.25) is 4.79 Å². The minimum Gasteiger partial charge on any atom is -0.465 e. The van der Waals surface area contributed by atoms with E-state index >= 15 is 0 Å². The molecule has 0 atom stereocenters. The van der Waals surface area contributed by atoms with E-state index in [2.05, 4.69) is 0 Å². The average molecular weight is 314 g/mol. The summed E-state index contributed by atoms with van der Waals surface area (Å²) < 4.78 is 23.9. The van der Waals surface area contributed by atoms with Crippen molar-refractivity contribution in [1.82, 2.24) is 0 Å². The number of hydrogen-bond acceptors (Lipinski definition) is 5. The molecule has 0 spiro atoms. The summed E-state index contributed by atoms with van der Waals surface area (Å²) in [6.07, 6.45) is 0. The number of rotatable bonds is 8. The van der Waals surface area contributed by atoms with Gasteiger partial charge in [0.05, 0.1) is 24.5 Å². The lowest BCUT2D eigenvalue weighted by atomic mass is 10.1. The molecule has 0 bridgehead atoms. The minimum atomic E-state index is -0.522. The van der Waals surface area contributed by atoms with Crippen LogP contribution in [0.25, 0.3) is 0 Å². The van der Waals surface area contributed by atoms with Crippen molar-refractivity contribution >= 4 is 28.9 Å². The standard InChI is InChI=1S/C14H19FN2O3S/c1-3-20-12(18)9-17(7-8-19-2)11-6-4-5-10(15)13(11)14(16)21/h4-6H,3,7-9H2,1-2H3,(H2,16,21). The fourth-order valence-electron chi connectivity index (χ4n) is 1.87. The first-order valence-corrected chi connectivity index (χ1v) is 6.89. The molecule has 0 aliphatic heterocycles. The molecule has 0 radical (unpaired) electrons. The summed E-state index contributed by atoms with van der Waals surface area (Å²) >= 11 is 4.90. The molecule has 116 valence electrons. The summed E-state index contributed by atoms with van der Waals surface area (Å²) in [6.45, 7) is 2.72. The Balaban J connectivity index is 3.10. The predicted octanol–water partition coefficient (Wildman–Crippen LogP) is 1.48. The molecular formula is C14H19FN2O3S. The molecular weight excluding hydrogens is 295 g/mol. The van der Waals surface area contributed by atoms with Crippen LogP contribution in [0.5, 0.6) is 0 Å². The van der Waals surface area contributed by atoms with E-state index in [1.165, 1.54) is 12.1 Å². The van der Waals surface area contributed by atoms with Crippen LogP contribution in [0.15, 0.2) is 18.2 Å². The molecule has 7 heteroatoms. The number of benzene rings is 1. The molecule has 5 nitrogen and oxygen atoms in total. The van der Waals surface area contributed by atoms with E-state index in [0.717, 1.165) is 0 Å². The average Bonchev–Trinajstić information content (AvgIpc) is 2.43. The van der Waals surface area contributed by atoms with Crippen LogP contribution in [0, 0.1) is 5.82 Å². The van der Waals surface area contributed by atoms with Crippen LogP contribution in [0.4, 0.5) is 10.1 Å². The zero-order valence-corrected chi connectivity index (χ0v) is 12.9. The first kappa shape index (κ1) is 17.3. The van der Waals surface area contributed by atoms with E-state index in [1.54, 1.807) is 25.0 Å². The lowest BCUT2D eigenvalue weighted by molar-refractivity contribution is -0.141. The highest BCUT2D eigenvalue weighted by atomic mass is 32.1. The second kappa shape index (κ2) is 8.53. The van der Waals surface area contributed by atoms with Gasteiger partial charge in [0.1, 0.15) is 17.4 Å². The third-order valence-electron chi connectivity index (χ3n) is 2.77. The highest BCUT2D eigenvalue weighted by Crippen LogP contribution is 2.23. The number of carbonyl (C=O) groups excluding carboxylic acids is 1. The molecule has 0 unspecified atom stereocenters. The number of anilines is 1. The third-order valence-corrected chi connectivity index (χ3v) is 2.97. The van der Waals surface area contributed by atoms with Gasteiger partial charge < -0.3 is 20.1 Å². The van der Waals surface area contributed by atoms with Crippen molar-refractivity contribution in [3.63, 3.8) is 0 Å². The van der Waals surface area contributed by atoms with E-state index in [0.29, 0.717) is 18.8 Å². The van der Waals surface area contributed by atoms with Gasteiger partial charge in [-0.05, 0) is 19.1 Å². The van der Waals surface area contributed by atoms with Crippen LogP contribution in [-0.2, 0) is 14.3 Å². The van der Waals surface area contributed by atoms with E-state index < -0.39 is 11.8 Å². The molecule has 0 aromatic heterocycles. The predicted molar refractivity (Wildman–Crippen MR) is 83.0 cm³/mol. The molecule has 0 aliphatic carbocycles. The molecule has 2 N–H and O–H groups in total. The van der Waals surface area contributed by atoms with Gasteiger partial charge in [0.25, 0.3) is 0 Å². The molecule has 21 heavy (non-hydrogen) atoms. The number of carbonyl (C=O) groups is 1. The molecule has 0 heterocycles. The fourth-order valence-corrected chi connectivity index (χ4v) is 2.07. The maximum atomic E-state index is 13.9. The lowest BCUT2D eigenvalue weighted by Crippen LogP contribution is -2.35. The van der Waals surface area contributed by atoms with Crippen LogP contribution < -0.4 is 10.6 Å². The number of ether oxygens (including phenoxy) is 2. The summed E-state index contributed by atoms with van der Waals surface area (Å²) in [5, 5.41) is 0. The largest absolute Gasteiger partial charge is 0.465 e. The normalized spacial score (nSPS) is 10.2. The Morgan fingerprint density at radius 1 is 1.48 bits per heavy atom. The van der Waals surface area contributed by atoms with Crippen LogP contribution in [0.3, 0.4) is 0 Å². The van der Waals surface area contributed by atoms with Gasteiger partial charge in [-0.1, -0.05) is 18.3 Å². The summed E-state index contributed by atoms with van der Waals surface area (Å²) in [6, 6.07) is 4.47. The quantitative estimate of drug-likeness (QED) is 0.579. The van der Waals surface area contributed by atoms with E-state index in [9.17, 15) is 9.18 Å². The highest BCUT2D eigenvalue weighted by Gasteiger charge is 2.19. The fraction of sp³-hybridized carbons (Fsp3) is 0.429. The Morgan fingerprint density at radius 2 is 2.19 bits per heavy atom. The van der Waals surface area contributed by atoms with Gasteiger partial charge in [-0.25, -0.2) is 4.39 Å². The van der Waals surface area contributed by atoms with Crippen LogP contribution in [0.1, 0.15) is 12.5 Å². The van der Waals surface area contributed by atoms with Crippen LogP contribution in [0.2, 0.25) is 0 Å². The Kier molecular flexibility index (Phi) is 7.04. The van der Waals surface area contributed by atoms with Gasteiger partial charge in [0.15, 0.2) is 0 Å². The number of methoxy groups -OCH3 is 1. The maximum absolute atomic E-state index is 13.9. The van der Waals surface area contributed by atoms with E-state index in [-0.39, 0.29) is 23.7 Å². The molecule has 1 aromatic rings. The Labute approximate surface area is 128 Å². The zero-order chi connectivity index (χ0) is 15.8. The molecule has 0 aliphatic rings. The van der Waals surface area contributed by atoms with Crippen molar-refractivity contribution in [3.8, 4) is 0 Å². The molecule has 0 fully saturated rings. The molecule has 1 aromatic carbocycles. The van der Waals surface area contributed by atoms with Gasteiger partial charge in [0, 0.05) is 13.7 Å². The zero-order valence-electron chi connectivity index (χ0n) is 12.1. The van der Waals surface area contributed by atoms with Crippen LogP contribution in [-0.4, -0.2) is 44.4 Å². The summed E-state index contributed by atoms with van der Waals surface area (Å²) in [5.74, 6) is -0.932. The van der Waals surface area contributed by atoms with Crippen molar-refractivity contribution < 1.29 is 18.7 Å². The number of hydrogen-bond donors (Lipinski definition) is 1. The summed E-state index contributed by atoms with van der Waals surface area (Å²) in [7, 11) is 1.54. The third kappa shape index (κ3) is 4.95. The first-order chi connectivity index (χ1) is 10.0. The smallest absolute Gasteiger partial charge is 0.325 e. The lowest BCUT2D eigenvalue weighted by Gasteiger charge is -2.25. The Hall–Kier alpha value is -1.73. The second-order valence-corrected chi connectivity index (χ2v) is 4.66. The van der Waals surface area contributed by atoms with Crippen molar-refractivity contribution in [2.75, 3.05) is 38.3 Å². The van der Waals surface area contributed by atoms with Crippen LogP contribution >= 0.6 is 12.2 Å². The van der Waals surface area contributed by atoms with Crippen molar-refractivity contribution in [2.45, 2.75) is 6.92 Å². The van der Waals surface area contributed by atoms with Gasteiger partial charge in [-0.15, -0.1) is 0 Å². The number of halogens is 1. The highest BCUT2D eigenvalue weighted by molar-refractivity contribution is 7.80. The molecule has 0 saturated heterocycles. The SMILES string of the molecule is CCOC(=O)CN(CCOC)c1cccc(F)c1C(N)=S. The van der Waals surface area contributed by atoms with Crippen molar-refractivity contribution in [3.05, 3.63) is 29.6 Å². The number of nitrogens with zero attached hydrogens (tertiary/aromatic N) is 1. The van der Waals surface area contributed by atoms with Crippen molar-refractivity contribution in [2.24, 2.45) is 5.73 Å². The molecule has 1 rings (SSSR count). The minimum absolute atomic E-state index is 0.0315.